The lowest BCUT2D eigenvalue weighted by atomic mass is 10.1. The molecular formula is C15H12ClN5O. The number of aryl methyl sites for hydroxylation is 1. The second-order valence-electron chi connectivity index (χ2n) is 5.20. The molecule has 0 bridgehead atoms. The molecule has 0 spiro atoms. The van der Waals surface area contributed by atoms with Gasteiger partial charge in [-0.2, -0.15) is 10.2 Å². The van der Waals surface area contributed by atoms with Crippen molar-refractivity contribution in [1.82, 2.24) is 24.5 Å². The predicted molar refractivity (Wildman–Crippen MR) is 85.2 cm³/mol. The van der Waals surface area contributed by atoms with E-state index in [1.807, 2.05) is 24.4 Å². The number of aromatic nitrogens is 5. The Labute approximate surface area is 129 Å². The lowest BCUT2D eigenvalue weighted by Crippen LogP contribution is -2.22. The molecule has 0 radical (unpaired) electrons. The smallest absolute Gasteiger partial charge is 0.279 e. The van der Waals surface area contributed by atoms with Crippen molar-refractivity contribution in [2.24, 2.45) is 7.05 Å². The zero-order chi connectivity index (χ0) is 15.3. The van der Waals surface area contributed by atoms with Crippen LogP contribution >= 0.6 is 11.6 Å². The Morgan fingerprint density at radius 3 is 2.91 bits per heavy atom. The molecule has 3 heterocycles. The second kappa shape index (κ2) is 4.71. The van der Waals surface area contributed by atoms with Gasteiger partial charge in [0.25, 0.3) is 5.56 Å². The van der Waals surface area contributed by atoms with E-state index in [0.717, 1.165) is 22.0 Å². The molecule has 4 aromatic rings. The molecule has 22 heavy (non-hydrogen) atoms. The first-order valence-corrected chi connectivity index (χ1v) is 7.15. The van der Waals surface area contributed by atoms with Crippen LogP contribution in [0.1, 0.15) is 5.69 Å². The van der Waals surface area contributed by atoms with Gasteiger partial charge in [-0.15, -0.1) is 0 Å². The summed E-state index contributed by atoms with van der Waals surface area (Å²) in [5, 5.41) is 13.5. The average Bonchev–Trinajstić information content (AvgIpc) is 3.12. The van der Waals surface area contributed by atoms with Crippen LogP contribution in [0, 0.1) is 0 Å². The number of H-pyrrole nitrogens is 1. The number of nitrogens with zero attached hydrogens (tertiary/aromatic N) is 4. The predicted octanol–water partition coefficient (Wildman–Crippen LogP) is 2.31. The third-order valence-corrected chi connectivity index (χ3v) is 3.94. The fourth-order valence-electron chi connectivity index (χ4n) is 2.74. The van der Waals surface area contributed by atoms with Gasteiger partial charge in [0.1, 0.15) is 0 Å². The van der Waals surface area contributed by atoms with Gasteiger partial charge in [-0.05, 0) is 18.2 Å². The highest BCUT2D eigenvalue weighted by atomic mass is 35.5. The van der Waals surface area contributed by atoms with Gasteiger partial charge in [0.05, 0.1) is 17.8 Å². The number of hydrogen-bond donors (Lipinski definition) is 1. The first-order valence-electron chi connectivity index (χ1n) is 6.77. The fraction of sp³-hybridized carbons (Fsp3) is 0.133. The van der Waals surface area contributed by atoms with E-state index in [-0.39, 0.29) is 5.56 Å². The van der Waals surface area contributed by atoms with Crippen molar-refractivity contribution in [2.75, 3.05) is 0 Å². The number of fused-ring (bicyclic) bond motifs is 3. The number of hydrogen-bond acceptors (Lipinski definition) is 3. The normalized spacial score (nSPS) is 11.5. The summed E-state index contributed by atoms with van der Waals surface area (Å²) in [5.74, 6) is 0. The van der Waals surface area contributed by atoms with Crippen LogP contribution in [0.5, 0.6) is 0 Å². The Bertz CT molecular complexity index is 1050. The number of aromatic amines is 1. The van der Waals surface area contributed by atoms with Crippen LogP contribution in [0.15, 0.2) is 41.5 Å². The van der Waals surface area contributed by atoms with E-state index in [9.17, 15) is 4.79 Å². The van der Waals surface area contributed by atoms with Gasteiger partial charge in [-0.25, -0.2) is 0 Å². The van der Waals surface area contributed by atoms with Crippen LogP contribution in [-0.2, 0) is 13.6 Å². The zero-order valence-corrected chi connectivity index (χ0v) is 12.5. The summed E-state index contributed by atoms with van der Waals surface area (Å²) in [6, 6.07) is 7.39. The summed E-state index contributed by atoms with van der Waals surface area (Å²) in [7, 11) is 1.81. The third kappa shape index (κ3) is 1.92. The van der Waals surface area contributed by atoms with Crippen LogP contribution in [0.2, 0.25) is 5.02 Å². The average molecular weight is 314 g/mol. The standard InChI is InChI=1S/C15H12ClN5O/c1-20-8-12-11-3-2-9(16)6-13(11)21(15(22)14(12)19-20)7-10-4-5-17-18-10/h2-6,8H,7H2,1H3,(H,17,18). The molecule has 1 aromatic carbocycles. The zero-order valence-electron chi connectivity index (χ0n) is 11.7. The van der Waals surface area contributed by atoms with Crippen LogP contribution < -0.4 is 5.56 Å². The minimum absolute atomic E-state index is 0.139. The first-order chi connectivity index (χ1) is 10.6. The summed E-state index contributed by atoms with van der Waals surface area (Å²) in [4.78, 5) is 12.8. The van der Waals surface area contributed by atoms with Gasteiger partial charge in [-0.3, -0.25) is 14.6 Å². The first kappa shape index (κ1) is 13.1. The molecule has 0 aliphatic carbocycles. The molecule has 3 aromatic heterocycles. The van der Waals surface area contributed by atoms with E-state index in [2.05, 4.69) is 15.3 Å². The van der Waals surface area contributed by atoms with Crippen molar-refractivity contribution in [2.45, 2.75) is 6.54 Å². The van der Waals surface area contributed by atoms with E-state index in [0.29, 0.717) is 17.1 Å². The largest absolute Gasteiger partial charge is 0.300 e. The van der Waals surface area contributed by atoms with E-state index >= 15 is 0 Å². The third-order valence-electron chi connectivity index (χ3n) is 3.70. The molecule has 0 aliphatic rings. The van der Waals surface area contributed by atoms with Crippen LogP contribution in [0.3, 0.4) is 0 Å². The van der Waals surface area contributed by atoms with Crippen molar-refractivity contribution in [1.29, 1.82) is 0 Å². The maximum Gasteiger partial charge on any atom is 0.279 e. The highest BCUT2D eigenvalue weighted by molar-refractivity contribution is 6.31. The Balaban J connectivity index is 2.13. The molecule has 110 valence electrons. The quantitative estimate of drug-likeness (QED) is 0.617. The number of pyridine rings is 1. The number of halogens is 1. The van der Waals surface area contributed by atoms with Gasteiger partial charge < -0.3 is 4.57 Å². The lowest BCUT2D eigenvalue weighted by Gasteiger charge is -2.10. The van der Waals surface area contributed by atoms with Crippen molar-refractivity contribution >= 4 is 33.4 Å². The van der Waals surface area contributed by atoms with Gasteiger partial charge in [-0.1, -0.05) is 17.7 Å². The molecule has 0 atom stereocenters. The molecule has 0 aliphatic heterocycles. The van der Waals surface area contributed by atoms with E-state index in [4.69, 9.17) is 11.6 Å². The maximum absolute atomic E-state index is 12.8. The Morgan fingerprint density at radius 1 is 1.27 bits per heavy atom. The lowest BCUT2D eigenvalue weighted by molar-refractivity contribution is 0.755. The van der Waals surface area contributed by atoms with Crippen molar-refractivity contribution < 1.29 is 0 Å². The summed E-state index contributed by atoms with van der Waals surface area (Å²) in [6.07, 6.45) is 3.52. The molecule has 7 heteroatoms. The van der Waals surface area contributed by atoms with Crippen LogP contribution in [-0.4, -0.2) is 24.5 Å². The van der Waals surface area contributed by atoms with Gasteiger partial charge in [0.2, 0.25) is 0 Å². The molecule has 6 nitrogen and oxygen atoms in total. The highest BCUT2D eigenvalue weighted by Gasteiger charge is 2.14. The Kier molecular flexibility index (Phi) is 2.80. The molecule has 0 saturated carbocycles. The maximum atomic E-state index is 12.8. The second-order valence-corrected chi connectivity index (χ2v) is 5.64. The molecule has 0 amide bonds. The Hall–Kier alpha value is -2.60. The van der Waals surface area contributed by atoms with Crippen LogP contribution in [0.25, 0.3) is 21.8 Å². The Morgan fingerprint density at radius 2 is 2.14 bits per heavy atom. The minimum atomic E-state index is -0.139. The fourth-order valence-corrected chi connectivity index (χ4v) is 2.90. The summed E-state index contributed by atoms with van der Waals surface area (Å²) in [6.45, 7) is 0.391. The number of rotatable bonds is 2. The number of nitrogens with one attached hydrogen (secondary N) is 1. The summed E-state index contributed by atoms with van der Waals surface area (Å²) < 4.78 is 3.32. The highest BCUT2D eigenvalue weighted by Crippen LogP contribution is 2.25. The molecule has 1 N–H and O–H groups in total. The van der Waals surface area contributed by atoms with Crippen LogP contribution in [0.4, 0.5) is 0 Å². The van der Waals surface area contributed by atoms with E-state index in [1.165, 1.54) is 0 Å². The van der Waals surface area contributed by atoms with Crippen molar-refractivity contribution in [3.8, 4) is 0 Å². The summed E-state index contributed by atoms with van der Waals surface area (Å²) in [5.41, 5.74) is 1.95. The van der Waals surface area contributed by atoms with E-state index in [1.54, 1.807) is 28.6 Å². The van der Waals surface area contributed by atoms with Gasteiger partial charge >= 0.3 is 0 Å². The topological polar surface area (TPSA) is 68.5 Å². The summed E-state index contributed by atoms with van der Waals surface area (Å²) >= 11 is 6.12. The SMILES string of the molecule is Cn1cc2c(n1)c(=O)n(Cc1ccn[nH]1)c1cc(Cl)ccc21. The monoisotopic (exact) mass is 313 g/mol. The van der Waals surface area contributed by atoms with Gasteiger partial charge in [0.15, 0.2) is 5.52 Å². The molecule has 0 saturated heterocycles. The van der Waals surface area contributed by atoms with E-state index < -0.39 is 0 Å². The minimum Gasteiger partial charge on any atom is -0.300 e. The molecule has 0 fully saturated rings. The van der Waals surface area contributed by atoms with Crippen molar-refractivity contribution in [3.63, 3.8) is 0 Å². The molecular weight excluding hydrogens is 302 g/mol. The number of benzene rings is 1. The molecule has 4 rings (SSSR count). The van der Waals surface area contributed by atoms with Gasteiger partial charge in [0, 0.05) is 35.2 Å². The van der Waals surface area contributed by atoms with Crippen molar-refractivity contribution in [3.05, 3.63) is 57.7 Å². The molecule has 0 unspecified atom stereocenters.